The Balaban J connectivity index is 2.26. The second kappa shape index (κ2) is 7.28. The third-order valence-electron chi connectivity index (χ3n) is 3.86. The molecule has 0 saturated carbocycles. The van der Waals surface area contributed by atoms with E-state index in [0.717, 1.165) is 5.39 Å². The maximum atomic E-state index is 12.2. The molecule has 6 nitrogen and oxygen atoms in total. The number of nitrogens with one attached hydrogen (secondary N) is 1. The Morgan fingerprint density at radius 1 is 1.30 bits per heavy atom. The van der Waals surface area contributed by atoms with Crippen molar-refractivity contribution in [3.05, 3.63) is 39.2 Å². The first-order chi connectivity index (χ1) is 11.0. The summed E-state index contributed by atoms with van der Waals surface area (Å²) in [6.07, 6.45) is 0.684. The van der Waals surface area contributed by atoms with Crippen molar-refractivity contribution in [2.45, 2.75) is 26.7 Å². The van der Waals surface area contributed by atoms with Gasteiger partial charge < -0.3 is 19.6 Å². The molecule has 0 aliphatic rings. The van der Waals surface area contributed by atoms with Gasteiger partial charge in [0, 0.05) is 31.2 Å². The van der Waals surface area contributed by atoms with Gasteiger partial charge in [0.2, 0.25) is 5.91 Å². The number of rotatable bonds is 6. The molecule has 124 valence electrons. The van der Waals surface area contributed by atoms with Crippen LogP contribution in [0.2, 0.25) is 0 Å². The molecule has 1 amide bonds. The van der Waals surface area contributed by atoms with Crippen molar-refractivity contribution in [1.82, 2.24) is 5.32 Å². The highest BCUT2D eigenvalue weighted by Crippen LogP contribution is 2.28. The van der Waals surface area contributed by atoms with E-state index in [1.165, 1.54) is 0 Å². The Labute approximate surface area is 134 Å². The number of carbonyl (C=O) groups excluding carboxylic acids is 1. The third kappa shape index (κ3) is 3.71. The van der Waals surface area contributed by atoms with E-state index in [1.54, 1.807) is 33.1 Å². The molecule has 2 aromatic rings. The number of hydrogen-bond donors (Lipinski definition) is 2. The molecule has 1 aromatic heterocycles. The Bertz CT molecular complexity index is 779. The zero-order chi connectivity index (χ0) is 17.0. The van der Waals surface area contributed by atoms with Gasteiger partial charge >= 0.3 is 5.63 Å². The van der Waals surface area contributed by atoms with E-state index in [9.17, 15) is 14.7 Å². The largest absolute Gasteiger partial charge is 0.508 e. The molecule has 2 N–H and O–H groups in total. The number of benzene rings is 1. The minimum Gasteiger partial charge on any atom is -0.508 e. The van der Waals surface area contributed by atoms with Crippen LogP contribution in [-0.2, 0) is 16.0 Å². The summed E-state index contributed by atoms with van der Waals surface area (Å²) >= 11 is 0. The summed E-state index contributed by atoms with van der Waals surface area (Å²) in [4.78, 5) is 24.1. The Morgan fingerprint density at radius 2 is 2.04 bits per heavy atom. The molecule has 6 heteroatoms. The van der Waals surface area contributed by atoms with Crippen molar-refractivity contribution in [3.63, 3.8) is 0 Å². The lowest BCUT2D eigenvalue weighted by atomic mass is 10.0. The van der Waals surface area contributed by atoms with Crippen LogP contribution < -0.4 is 10.9 Å². The lowest BCUT2D eigenvalue weighted by Crippen LogP contribution is -2.29. The standard InChI is InChI=1S/C17H21NO5/c1-10-12-5-6-14(19)11(2)16(12)23-17(21)13(10)9-15(20)18-7-4-8-22-3/h5-6,19H,4,7-9H2,1-3H3,(H,18,20). The Kier molecular flexibility index (Phi) is 5.39. The molecule has 23 heavy (non-hydrogen) atoms. The molecule has 0 aliphatic heterocycles. The third-order valence-corrected chi connectivity index (χ3v) is 3.86. The molecule has 0 unspecified atom stereocenters. The number of hydrogen-bond acceptors (Lipinski definition) is 5. The van der Waals surface area contributed by atoms with Gasteiger partial charge in [0.25, 0.3) is 0 Å². The van der Waals surface area contributed by atoms with Crippen molar-refractivity contribution in [3.8, 4) is 5.75 Å². The van der Waals surface area contributed by atoms with Crippen LogP contribution in [0.1, 0.15) is 23.1 Å². The Morgan fingerprint density at radius 3 is 2.74 bits per heavy atom. The van der Waals surface area contributed by atoms with Crippen LogP contribution in [0.25, 0.3) is 11.0 Å². The minimum atomic E-state index is -0.546. The van der Waals surface area contributed by atoms with Crippen LogP contribution in [0.15, 0.2) is 21.3 Å². The highest BCUT2D eigenvalue weighted by Gasteiger charge is 2.16. The fraction of sp³-hybridized carbons (Fsp3) is 0.412. The second-order valence-electron chi connectivity index (χ2n) is 5.45. The lowest BCUT2D eigenvalue weighted by molar-refractivity contribution is -0.120. The van der Waals surface area contributed by atoms with Crippen molar-refractivity contribution in [2.75, 3.05) is 20.3 Å². The predicted molar refractivity (Wildman–Crippen MR) is 86.8 cm³/mol. The summed E-state index contributed by atoms with van der Waals surface area (Å²) < 4.78 is 10.2. The lowest BCUT2D eigenvalue weighted by Gasteiger charge is -2.10. The normalized spacial score (nSPS) is 10.9. The van der Waals surface area contributed by atoms with Gasteiger partial charge in [0.15, 0.2) is 0 Å². The van der Waals surface area contributed by atoms with Crippen LogP contribution >= 0.6 is 0 Å². The van der Waals surface area contributed by atoms with Crippen molar-refractivity contribution in [2.24, 2.45) is 0 Å². The molecule has 0 atom stereocenters. The van der Waals surface area contributed by atoms with Crippen LogP contribution in [0, 0.1) is 13.8 Å². The smallest absolute Gasteiger partial charge is 0.340 e. The highest BCUT2D eigenvalue weighted by molar-refractivity contribution is 5.87. The number of aryl methyl sites for hydroxylation is 2. The molecule has 0 aliphatic carbocycles. The van der Waals surface area contributed by atoms with E-state index >= 15 is 0 Å². The fourth-order valence-corrected chi connectivity index (χ4v) is 2.45. The van der Waals surface area contributed by atoms with E-state index < -0.39 is 5.63 Å². The number of amides is 1. The Hall–Kier alpha value is -2.34. The molecule has 0 bridgehead atoms. The number of methoxy groups -OCH3 is 1. The first-order valence-corrected chi connectivity index (χ1v) is 7.46. The van der Waals surface area contributed by atoms with Gasteiger partial charge in [0.1, 0.15) is 11.3 Å². The molecule has 0 saturated heterocycles. The summed E-state index contributed by atoms with van der Waals surface area (Å²) in [5.41, 5.74) is 1.36. The van der Waals surface area contributed by atoms with Gasteiger partial charge in [-0.2, -0.15) is 0 Å². The van der Waals surface area contributed by atoms with Crippen LogP contribution in [0.4, 0.5) is 0 Å². The van der Waals surface area contributed by atoms with Crippen molar-refractivity contribution >= 4 is 16.9 Å². The zero-order valence-electron chi connectivity index (χ0n) is 13.6. The van der Waals surface area contributed by atoms with Gasteiger partial charge in [-0.15, -0.1) is 0 Å². The molecule has 2 rings (SSSR count). The monoisotopic (exact) mass is 319 g/mol. The molecule has 0 spiro atoms. The van der Waals surface area contributed by atoms with Gasteiger partial charge in [-0.3, -0.25) is 4.79 Å². The number of ether oxygens (including phenoxy) is 1. The first kappa shape index (κ1) is 17.0. The zero-order valence-corrected chi connectivity index (χ0v) is 13.6. The maximum absolute atomic E-state index is 12.2. The van der Waals surface area contributed by atoms with Crippen LogP contribution in [-0.4, -0.2) is 31.3 Å². The quantitative estimate of drug-likeness (QED) is 0.626. The molecule has 1 heterocycles. The average Bonchev–Trinajstić information content (AvgIpc) is 2.52. The number of phenols is 1. The average molecular weight is 319 g/mol. The first-order valence-electron chi connectivity index (χ1n) is 7.46. The number of fused-ring (bicyclic) bond motifs is 1. The predicted octanol–water partition coefficient (Wildman–Crippen LogP) is 1.81. The number of phenolic OH excluding ortho intramolecular Hbond substituents is 1. The summed E-state index contributed by atoms with van der Waals surface area (Å²) in [5.74, 6) is -0.157. The van der Waals surface area contributed by atoms with Crippen molar-refractivity contribution in [1.29, 1.82) is 0 Å². The van der Waals surface area contributed by atoms with Gasteiger partial charge in [-0.25, -0.2) is 4.79 Å². The topological polar surface area (TPSA) is 88.8 Å². The van der Waals surface area contributed by atoms with Gasteiger partial charge in [0.05, 0.1) is 12.0 Å². The molecule has 0 radical (unpaired) electrons. The van der Waals surface area contributed by atoms with E-state index in [4.69, 9.17) is 9.15 Å². The van der Waals surface area contributed by atoms with E-state index in [-0.39, 0.29) is 18.1 Å². The van der Waals surface area contributed by atoms with Gasteiger partial charge in [-0.05, 0) is 38.0 Å². The van der Waals surface area contributed by atoms with Crippen molar-refractivity contribution < 1.29 is 19.1 Å². The summed E-state index contributed by atoms with van der Waals surface area (Å²) in [6.45, 7) is 4.53. The number of aromatic hydroxyl groups is 1. The van der Waals surface area contributed by atoms with E-state index in [1.807, 2.05) is 0 Å². The van der Waals surface area contributed by atoms with Gasteiger partial charge in [-0.1, -0.05) is 0 Å². The van der Waals surface area contributed by atoms with E-state index in [2.05, 4.69) is 5.32 Å². The summed E-state index contributed by atoms with van der Waals surface area (Å²) in [5, 5.41) is 13.2. The summed E-state index contributed by atoms with van der Waals surface area (Å²) in [6, 6.07) is 3.25. The van der Waals surface area contributed by atoms with E-state index in [0.29, 0.717) is 41.8 Å². The summed E-state index contributed by atoms with van der Waals surface area (Å²) in [7, 11) is 1.60. The SMILES string of the molecule is COCCCNC(=O)Cc1c(C)c2ccc(O)c(C)c2oc1=O. The molecule has 1 aromatic carbocycles. The fourth-order valence-electron chi connectivity index (χ4n) is 2.45. The molecular weight excluding hydrogens is 298 g/mol. The van der Waals surface area contributed by atoms with Crippen LogP contribution in [0.3, 0.4) is 0 Å². The van der Waals surface area contributed by atoms with Crippen LogP contribution in [0.5, 0.6) is 5.75 Å². The number of carbonyl (C=O) groups is 1. The molecular formula is C17H21NO5. The molecule has 0 fully saturated rings. The minimum absolute atomic E-state index is 0.0307. The highest BCUT2D eigenvalue weighted by atomic mass is 16.5. The maximum Gasteiger partial charge on any atom is 0.340 e. The second-order valence-corrected chi connectivity index (χ2v) is 5.45.